The largest absolute Gasteiger partial charge is 0.416 e. The standard InChI is InChI=1S/C19H16F3N3OS/c20-19(21,22)14-5-3-4-13(12-14)17(26)24-8-10-25(11-9-24)18-23-15-6-1-2-7-16(15)27-18/h1-7,12H,8-11H2. The molecule has 0 spiro atoms. The number of alkyl halides is 3. The Kier molecular flexibility index (Phi) is 4.51. The summed E-state index contributed by atoms with van der Waals surface area (Å²) in [7, 11) is 0. The first-order valence-electron chi connectivity index (χ1n) is 8.49. The number of carbonyl (C=O) groups is 1. The van der Waals surface area contributed by atoms with Crippen LogP contribution in [0.5, 0.6) is 0 Å². The second-order valence-corrected chi connectivity index (χ2v) is 7.33. The molecule has 1 amide bonds. The van der Waals surface area contributed by atoms with Crippen molar-refractivity contribution in [2.45, 2.75) is 6.18 Å². The van der Waals surface area contributed by atoms with Crippen molar-refractivity contribution >= 4 is 32.6 Å². The molecule has 2 aromatic carbocycles. The Labute approximate surface area is 157 Å². The van der Waals surface area contributed by atoms with Gasteiger partial charge in [0.05, 0.1) is 15.8 Å². The van der Waals surface area contributed by atoms with E-state index in [1.807, 2.05) is 24.3 Å². The van der Waals surface area contributed by atoms with Crippen LogP contribution in [0.25, 0.3) is 10.2 Å². The van der Waals surface area contributed by atoms with Crippen LogP contribution in [0.2, 0.25) is 0 Å². The third-order valence-electron chi connectivity index (χ3n) is 4.56. The van der Waals surface area contributed by atoms with Crippen molar-refractivity contribution in [3.63, 3.8) is 0 Å². The third-order valence-corrected chi connectivity index (χ3v) is 5.65. The van der Waals surface area contributed by atoms with E-state index in [-0.39, 0.29) is 11.5 Å². The summed E-state index contributed by atoms with van der Waals surface area (Å²) in [6.07, 6.45) is -4.46. The molecular formula is C19H16F3N3OS. The van der Waals surface area contributed by atoms with Crippen LogP contribution in [0.1, 0.15) is 15.9 Å². The summed E-state index contributed by atoms with van der Waals surface area (Å²) in [5.41, 5.74) is 0.208. The van der Waals surface area contributed by atoms with Gasteiger partial charge < -0.3 is 9.80 Å². The Morgan fingerprint density at radius 1 is 1.00 bits per heavy atom. The number of carbonyl (C=O) groups excluding carboxylic acids is 1. The topological polar surface area (TPSA) is 36.4 Å². The second kappa shape index (κ2) is 6.84. The lowest BCUT2D eigenvalue weighted by atomic mass is 10.1. The molecule has 8 heteroatoms. The minimum atomic E-state index is -4.46. The van der Waals surface area contributed by atoms with E-state index < -0.39 is 11.7 Å². The summed E-state index contributed by atoms with van der Waals surface area (Å²) in [6.45, 7) is 2.10. The normalized spacial score (nSPS) is 15.4. The molecule has 0 bridgehead atoms. The number of thiazole rings is 1. The fourth-order valence-electron chi connectivity index (χ4n) is 3.11. The highest BCUT2D eigenvalue weighted by atomic mass is 32.1. The van der Waals surface area contributed by atoms with Crippen molar-refractivity contribution < 1.29 is 18.0 Å². The van der Waals surface area contributed by atoms with Crippen molar-refractivity contribution in [1.82, 2.24) is 9.88 Å². The summed E-state index contributed by atoms with van der Waals surface area (Å²) in [4.78, 5) is 20.9. The number of halogens is 3. The van der Waals surface area contributed by atoms with E-state index in [1.54, 1.807) is 16.2 Å². The van der Waals surface area contributed by atoms with Crippen LogP contribution in [0, 0.1) is 0 Å². The van der Waals surface area contributed by atoms with Crippen molar-refractivity contribution in [1.29, 1.82) is 0 Å². The Balaban J connectivity index is 1.45. The van der Waals surface area contributed by atoms with Crippen LogP contribution in [0.3, 0.4) is 0 Å². The van der Waals surface area contributed by atoms with Gasteiger partial charge in [-0.1, -0.05) is 29.5 Å². The zero-order chi connectivity index (χ0) is 19.0. The highest BCUT2D eigenvalue weighted by molar-refractivity contribution is 7.22. The molecule has 2 heterocycles. The van der Waals surface area contributed by atoms with E-state index in [2.05, 4.69) is 9.88 Å². The monoisotopic (exact) mass is 391 g/mol. The lowest BCUT2D eigenvalue weighted by molar-refractivity contribution is -0.137. The van der Waals surface area contributed by atoms with E-state index in [4.69, 9.17) is 0 Å². The third kappa shape index (κ3) is 3.62. The van der Waals surface area contributed by atoms with Gasteiger partial charge in [0, 0.05) is 31.7 Å². The van der Waals surface area contributed by atoms with Gasteiger partial charge in [-0.25, -0.2) is 4.98 Å². The average molecular weight is 391 g/mol. The Morgan fingerprint density at radius 2 is 1.74 bits per heavy atom. The van der Waals surface area contributed by atoms with Crippen LogP contribution < -0.4 is 4.90 Å². The first-order chi connectivity index (χ1) is 12.9. The van der Waals surface area contributed by atoms with Crippen LogP contribution in [-0.2, 0) is 6.18 Å². The molecule has 1 saturated heterocycles. The lowest BCUT2D eigenvalue weighted by Gasteiger charge is -2.34. The van der Waals surface area contributed by atoms with Gasteiger partial charge in [0.1, 0.15) is 0 Å². The van der Waals surface area contributed by atoms with Gasteiger partial charge in [-0.15, -0.1) is 0 Å². The van der Waals surface area contributed by atoms with Crippen molar-refractivity contribution in [2.24, 2.45) is 0 Å². The van der Waals surface area contributed by atoms with E-state index in [9.17, 15) is 18.0 Å². The maximum absolute atomic E-state index is 12.9. The molecule has 140 valence electrons. The summed E-state index contributed by atoms with van der Waals surface area (Å²) in [6, 6.07) is 12.5. The van der Waals surface area contributed by atoms with Crippen LogP contribution in [-0.4, -0.2) is 42.0 Å². The number of rotatable bonds is 2. The van der Waals surface area contributed by atoms with Crippen molar-refractivity contribution in [3.8, 4) is 0 Å². The highest BCUT2D eigenvalue weighted by Gasteiger charge is 2.32. The van der Waals surface area contributed by atoms with Gasteiger partial charge in [0.25, 0.3) is 5.91 Å². The zero-order valence-corrected chi connectivity index (χ0v) is 15.1. The molecule has 0 aliphatic carbocycles. The molecule has 3 aromatic rings. The minimum absolute atomic E-state index is 0.0678. The lowest BCUT2D eigenvalue weighted by Crippen LogP contribution is -2.48. The molecular weight excluding hydrogens is 375 g/mol. The summed E-state index contributed by atoms with van der Waals surface area (Å²) < 4.78 is 39.7. The van der Waals surface area contributed by atoms with Gasteiger partial charge in [-0.2, -0.15) is 13.2 Å². The van der Waals surface area contributed by atoms with E-state index in [0.29, 0.717) is 26.2 Å². The SMILES string of the molecule is O=C(c1cccc(C(F)(F)F)c1)N1CCN(c2nc3ccccc3s2)CC1. The summed E-state index contributed by atoms with van der Waals surface area (Å²) in [5, 5.41) is 0.905. The fourth-order valence-corrected chi connectivity index (χ4v) is 4.12. The van der Waals surface area contributed by atoms with E-state index >= 15 is 0 Å². The van der Waals surface area contributed by atoms with Gasteiger partial charge in [-0.3, -0.25) is 4.79 Å². The number of anilines is 1. The maximum Gasteiger partial charge on any atom is 0.416 e. The summed E-state index contributed by atoms with van der Waals surface area (Å²) in [5.74, 6) is -0.370. The predicted molar refractivity (Wildman–Crippen MR) is 99.2 cm³/mol. The van der Waals surface area contributed by atoms with E-state index in [0.717, 1.165) is 27.5 Å². The van der Waals surface area contributed by atoms with Gasteiger partial charge in [0.2, 0.25) is 0 Å². The number of piperazine rings is 1. The molecule has 0 atom stereocenters. The Hall–Kier alpha value is -2.61. The number of aromatic nitrogens is 1. The highest BCUT2D eigenvalue weighted by Crippen LogP contribution is 2.31. The first-order valence-corrected chi connectivity index (χ1v) is 9.30. The molecule has 27 heavy (non-hydrogen) atoms. The molecule has 4 nitrogen and oxygen atoms in total. The van der Waals surface area contributed by atoms with Crippen molar-refractivity contribution in [3.05, 3.63) is 59.7 Å². The molecule has 0 unspecified atom stereocenters. The number of hydrogen-bond donors (Lipinski definition) is 0. The van der Waals surface area contributed by atoms with Crippen LogP contribution in [0.15, 0.2) is 48.5 Å². The minimum Gasteiger partial charge on any atom is -0.345 e. The average Bonchev–Trinajstić information content (AvgIpc) is 3.11. The molecule has 0 radical (unpaired) electrons. The maximum atomic E-state index is 12.9. The molecule has 0 saturated carbocycles. The molecule has 1 aliphatic heterocycles. The van der Waals surface area contributed by atoms with Crippen LogP contribution in [0.4, 0.5) is 18.3 Å². The first kappa shape index (κ1) is 17.8. The van der Waals surface area contributed by atoms with Gasteiger partial charge in [0.15, 0.2) is 5.13 Å². The number of nitrogens with zero attached hydrogens (tertiary/aromatic N) is 3. The van der Waals surface area contributed by atoms with Crippen molar-refractivity contribution in [2.75, 3.05) is 31.1 Å². The second-order valence-electron chi connectivity index (χ2n) is 6.32. The van der Waals surface area contributed by atoms with E-state index in [1.165, 1.54) is 12.1 Å². The number of amides is 1. The number of benzene rings is 2. The number of para-hydroxylation sites is 1. The molecule has 0 N–H and O–H groups in total. The van der Waals surface area contributed by atoms with Gasteiger partial charge >= 0.3 is 6.18 Å². The molecule has 4 rings (SSSR count). The Bertz CT molecular complexity index is 944. The number of fused-ring (bicyclic) bond motifs is 1. The zero-order valence-electron chi connectivity index (χ0n) is 14.2. The molecule has 1 aliphatic rings. The van der Waals surface area contributed by atoms with Gasteiger partial charge in [-0.05, 0) is 30.3 Å². The molecule has 1 aromatic heterocycles. The fraction of sp³-hybridized carbons (Fsp3) is 0.263. The smallest absolute Gasteiger partial charge is 0.345 e. The summed E-state index contributed by atoms with van der Waals surface area (Å²) >= 11 is 1.60. The molecule has 1 fully saturated rings. The number of hydrogen-bond acceptors (Lipinski definition) is 4. The predicted octanol–water partition coefficient (Wildman–Crippen LogP) is 4.28. The quantitative estimate of drug-likeness (QED) is 0.654. The Morgan fingerprint density at radius 3 is 2.44 bits per heavy atom. The van der Waals surface area contributed by atoms with Crippen LogP contribution >= 0.6 is 11.3 Å².